The van der Waals surface area contributed by atoms with Crippen LogP contribution >= 0.6 is 22.7 Å². The fraction of sp³-hybridized carbons (Fsp3) is 0.353. The summed E-state index contributed by atoms with van der Waals surface area (Å²) in [6.07, 6.45) is 6.41. The molecule has 4 amide bonds. The molecule has 2 heterocycles. The maximum absolute atomic E-state index is 12.8. The van der Waals surface area contributed by atoms with Crippen molar-refractivity contribution in [1.82, 2.24) is 30.4 Å². The topological polar surface area (TPSA) is 125 Å². The van der Waals surface area contributed by atoms with Gasteiger partial charge in [-0.1, -0.05) is 62.4 Å². The highest BCUT2D eigenvalue weighted by atomic mass is 32.1. The molecule has 0 spiro atoms. The van der Waals surface area contributed by atoms with E-state index in [1.807, 2.05) is 26.2 Å². The molecule has 0 aliphatic carbocycles. The van der Waals surface area contributed by atoms with Gasteiger partial charge in [0, 0.05) is 25.5 Å². The summed E-state index contributed by atoms with van der Waals surface area (Å²) in [6, 6.07) is 15.5. The molecule has 0 bridgehead atoms. The van der Waals surface area contributed by atoms with E-state index in [0.717, 1.165) is 54.9 Å². The van der Waals surface area contributed by atoms with Crippen LogP contribution in [0, 0.1) is 0 Å². The van der Waals surface area contributed by atoms with Crippen LogP contribution < -0.4 is 10.6 Å². The molecule has 10 nitrogen and oxygen atoms in total. The van der Waals surface area contributed by atoms with E-state index in [9.17, 15) is 19.2 Å². The molecule has 12 heteroatoms. The van der Waals surface area contributed by atoms with Crippen molar-refractivity contribution in [1.29, 1.82) is 0 Å². The van der Waals surface area contributed by atoms with Crippen molar-refractivity contribution in [3.63, 3.8) is 0 Å². The number of hydrogen-bond donors (Lipinski definition) is 2. The fourth-order valence-corrected chi connectivity index (χ4v) is 6.86. The first kappa shape index (κ1) is 34.5. The molecule has 0 aliphatic heterocycles. The number of amides is 4. The molecule has 4 aromatic rings. The molecule has 0 aliphatic rings. The summed E-state index contributed by atoms with van der Waals surface area (Å²) in [5.41, 5.74) is 4.29. The Labute approximate surface area is 277 Å². The van der Waals surface area contributed by atoms with E-state index in [0.29, 0.717) is 39.0 Å². The van der Waals surface area contributed by atoms with E-state index in [1.54, 1.807) is 46.3 Å². The lowest BCUT2D eigenvalue weighted by Crippen LogP contribution is -2.44. The average Bonchev–Trinajstić information content (AvgIpc) is 3.74. The second-order valence-corrected chi connectivity index (χ2v) is 13.2. The molecule has 46 heavy (non-hydrogen) atoms. The van der Waals surface area contributed by atoms with Gasteiger partial charge in [0.05, 0.1) is 22.8 Å². The van der Waals surface area contributed by atoms with Crippen molar-refractivity contribution in [3.05, 3.63) is 70.9 Å². The Balaban J connectivity index is 1.40. The molecule has 0 fully saturated rings. The lowest BCUT2D eigenvalue weighted by Gasteiger charge is -2.24. The second kappa shape index (κ2) is 16.8. The van der Waals surface area contributed by atoms with Crippen LogP contribution in [-0.2, 0) is 32.3 Å². The van der Waals surface area contributed by atoms with Crippen LogP contribution in [0.3, 0.4) is 0 Å². The predicted molar refractivity (Wildman–Crippen MR) is 183 cm³/mol. The number of benzene rings is 2. The zero-order valence-corrected chi connectivity index (χ0v) is 28.2. The number of nitrogens with zero attached hydrogens (tertiary/aromatic N) is 4. The van der Waals surface area contributed by atoms with E-state index in [1.165, 1.54) is 0 Å². The largest absolute Gasteiger partial charge is 0.347 e. The number of thiazole rings is 2. The summed E-state index contributed by atoms with van der Waals surface area (Å²) in [6.45, 7) is 9.39. The molecular formula is C34H40N6O4S2. The number of carbonyl (C=O) groups is 4. The molecule has 0 saturated heterocycles. The van der Waals surface area contributed by atoms with Crippen LogP contribution in [0.15, 0.2) is 60.9 Å². The van der Waals surface area contributed by atoms with Gasteiger partial charge in [0.1, 0.15) is 22.1 Å². The summed E-state index contributed by atoms with van der Waals surface area (Å²) >= 11 is 3.12. The van der Waals surface area contributed by atoms with Gasteiger partial charge in [0.15, 0.2) is 0 Å². The van der Waals surface area contributed by atoms with Gasteiger partial charge in [-0.25, -0.2) is 9.97 Å². The highest BCUT2D eigenvalue weighted by Gasteiger charge is 2.22. The van der Waals surface area contributed by atoms with Gasteiger partial charge in [-0.3, -0.25) is 19.2 Å². The van der Waals surface area contributed by atoms with Gasteiger partial charge < -0.3 is 20.4 Å². The minimum absolute atomic E-state index is 0.123. The highest BCUT2D eigenvalue weighted by Crippen LogP contribution is 2.32. The number of carbonyl (C=O) groups excluding carboxylic acids is 4. The first-order chi connectivity index (χ1) is 22.3. The zero-order chi connectivity index (χ0) is 33.1. The van der Waals surface area contributed by atoms with Crippen molar-refractivity contribution in [2.45, 2.75) is 65.7 Å². The lowest BCUT2D eigenvalue weighted by molar-refractivity contribution is -0.135. The van der Waals surface area contributed by atoms with Crippen LogP contribution in [0.4, 0.5) is 0 Å². The summed E-state index contributed by atoms with van der Waals surface area (Å²) in [5.74, 6) is -0.247. The van der Waals surface area contributed by atoms with Crippen LogP contribution in [0.2, 0.25) is 0 Å². The molecule has 4 rings (SSSR count). The Morgan fingerprint density at radius 1 is 0.674 bits per heavy atom. The maximum Gasteiger partial charge on any atom is 0.245 e. The number of rotatable bonds is 17. The summed E-state index contributed by atoms with van der Waals surface area (Å²) in [4.78, 5) is 61.7. The smallest absolute Gasteiger partial charge is 0.245 e. The van der Waals surface area contributed by atoms with Gasteiger partial charge >= 0.3 is 0 Å². The Hall–Kier alpha value is -4.42. The van der Waals surface area contributed by atoms with Crippen molar-refractivity contribution in [2.24, 2.45) is 0 Å². The number of hydrogen-bond acceptors (Lipinski definition) is 8. The second-order valence-electron chi connectivity index (χ2n) is 10.9. The molecule has 2 aromatic heterocycles. The maximum atomic E-state index is 12.8. The Morgan fingerprint density at radius 2 is 1.02 bits per heavy atom. The van der Waals surface area contributed by atoms with Crippen molar-refractivity contribution >= 4 is 47.3 Å². The molecule has 2 aromatic carbocycles. The third-order valence-corrected chi connectivity index (χ3v) is 9.48. The third kappa shape index (κ3) is 8.85. The van der Waals surface area contributed by atoms with Gasteiger partial charge in [-0.2, -0.15) is 0 Å². The lowest BCUT2D eigenvalue weighted by atomic mass is 10.0. The normalized spacial score (nSPS) is 12.2. The van der Waals surface area contributed by atoms with Gasteiger partial charge in [0.2, 0.25) is 24.6 Å². The van der Waals surface area contributed by atoms with Gasteiger partial charge in [-0.15, -0.1) is 22.7 Å². The molecular weight excluding hydrogens is 621 g/mol. The van der Waals surface area contributed by atoms with E-state index >= 15 is 0 Å². The van der Waals surface area contributed by atoms with Crippen molar-refractivity contribution in [2.75, 3.05) is 13.1 Å². The monoisotopic (exact) mass is 660 g/mol. The van der Waals surface area contributed by atoms with E-state index in [2.05, 4.69) is 69.1 Å². The molecule has 242 valence electrons. The first-order valence-corrected chi connectivity index (χ1v) is 17.0. The van der Waals surface area contributed by atoms with Gasteiger partial charge in [0.25, 0.3) is 0 Å². The first-order valence-electron chi connectivity index (χ1n) is 15.4. The molecule has 2 N–H and O–H groups in total. The predicted octanol–water partition coefficient (Wildman–Crippen LogP) is 5.35. The number of nitrogens with one attached hydrogen (secondary N) is 2. The van der Waals surface area contributed by atoms with Crippen LogP contribution in [0.5, 0.6) is 0 Å². The van der Waals surface area contributed by atoms with Crippen LogP contribution in [0.25, 0.3) is 32.0 Å². The van der Waals surface area contributed by atoms with Crippen LogP contribution in [0.1, 0.15) is 50.6 Å². The highest BCUT2D eigenvalue weighted by molar-refractivity contribution is 7.15. The Morgan fingerprint density at radius 3 is 1.35 bits per heavy atom. The standard InChI is InChI=1S/C34H40N6O4S2/c1-5-15-39(33(43)23(3)37-21-41)19-31-35-17-29(45-31)27-11-7-25(8-12-27)26-9-13-28(14-10-26)30-18-36-32(46-30)20-40(16-6-2)34(44)24(4)38-22-42/h7-14,17-18,21-24H,5-6,15-16,19-20H2,1-4H3,(H,37,41)(H,38,42)/t23-,24-/m0/s1. The van der Waals surface area contributed by atoms with E-state index in [4.69, 9.17) is 0 Å². The molecule has 0 radical (unpaired) electrons. The summed E-state index contributed by atoms with van der Waals surface area (Å²) < 4.78 is 0. The quantitative estimate of drug-likeness (QED) is 0.147. The van der Waals surface area contributed by atoms with E-state index in [-0.39, 0.29) is 11.8 Å². The Kier molecular flexibility index (Phi) is 12.6. The zero-order valence-electron chi connectivity index (χ0n) is 26.6. The molecule has 0 unspecified atom stereocenters. The minimum atomic E-state index is -0.578. The number of aromatic nitrogens is 2. The fourth-order valence-electron chi connectivity index (χ4n) is 4.98. The van der Waals surface area contributed by atoms with Crippen molar-refractivity contribution in [3.8, 4) is 32.0 Å². The summed E-state index contributed by atoms with van der Waals surface area (Å²) in [5, 5.41) is 6.76. The Bertz CT molecular complexity index is 1480. The van der Waals surface area contributed by atoms with Gasteiger partial charge in [-0.05, 0) is 48.9 Å². The van der Waals surface area contributed by atoms with Crippen LogP contribution in [-0.4, -0.2) is 69.6 Å². The SMILES string of the molecule is CCCN(Cc1ncc(-c2ccc(-c3ccc(-c4cnc(CN(CCC)C(=O)[C@H](C)NC=O)s4)cc3)cc2)s1)C(=O)[C@H](C)NC=O. The minimum Gasteiger partial charge on any atom is -0.347 e. The van der Waals surface area contributed by atoms with E-state index < -0.39 is 12.1 Å². The van der Waals surface area contributed by atoms with Crippen molar-refractivity contribution < 1.29 is 19.2 Å². The average molecular weight is 661 g/mol. The summed E-state index contributed by atoms with van der Waals surface area (Å²) in [7, 11) is 0. The third-order valence-electron chi connectivity index (χ3n) is 7.42. The molecule has 2 atom stereocenters. The molecule has 0 saturated carbocycles.